The number of carbonyl (C=O) groups is 2. The van der Waals surface area contributed by atoms with E-state index in [4.69, 9.17) is 4.74 Å². The number of amides is 1. The fourth-order valence-corrected chi connectivity index (χ4v) is 7.71. The summed E-state index contributed by atoms with van der Waals surface area (Å²) in [5, 5.41) is 23.1. The fourth-order valence-electron chi connectivity index (χ4n) is 7.71. The van der Waals surface area contributed by atoms with Crippen LogP contribution < -0.4 is 5.32 Å². The molecular weight excluding hydrogens is 755 g/mol. The molecular formula is C55H101NO5. The standard InChI is InChI=1S/C55H101NO5/c1-3-5-7-9-11-13-15-17-19-21-23-25-27-31-35-39-43-47-53(58)52(51-57)56-54(59)48-44-40-36-32-29-30-34-38-42-46-50-61-55(60)49-45-41-37-33-28-26-24-22-20-18-16-14-12-10-8-6-4-2/h12,14,18,20,30,34,43,47,52-53,57-58H,3-11,13,15-17,19,21-29,31-33,35-42,44-46,48-51H2,1-2H3,(H,56,59)/b14-12-,20-18-,34-30-,47-43+. The SMILES string of the molecule is CCCCC/C=C\C/C=C\CCCCCCCCCC(=O)OCCCC/C=C\CCCCCCC(=O)NC(CO)C(O)/C=C/CCCCCCCCCCCCCCCCC. The minimum atomic E-state index is -0.868. The Morgan fingerprint density at radius 1 is 0.459 bits per heavy atom. The molecule has 61 heavy (non-hydrogen) atoms. The van der Waals surface area contributed by atoms with Crippen LogP contribution in [0.25, 0.3) is 0 Å². The third-order valence-electron chi connectivity index (χ3n) is 11.8. The van der Waals surface area contributed by atoms with E-state index in [1.165, 1.54) is 154 Å². The summed E-state index contributed by atoms with van der Waals surface area (Å²) in [5.74, 6) is -0.152. The van der Waals surface area contributed by atoms with E-state index >= 15 is 0 Å². The van der Waals surface area contributed by atoms with E-state index in [0.29, 0.717) is 19.4 Å². The van der Waals surface area contributed by atoms with Crippen molar-refractivity contribution in [2.24, 2.45) is 0 Å². The van der Waals surface area contributed by atoms with Crippen LogP contribution in [0.15, 0.2) is 48.6 Å². The second kappa shape index (κ2) is 50.5. The van der Waals surface area contributed by atoms with Crippen LogP contribution in [0.1, 0.15) is 264 Å². The van der Waals surface area contributed by atoms with Gasteiger partial charge in [0.05, 0.1) is 25.4 Å². The average Bonchev–Trinajstić information content (AvgIpc) is 3.26. The Morgan fingerprint density at radius 2 is 0.820 bits per heavy atom. The minimum Gasteiger partial charge on any atom is -0.466 e. The molecule has 0 aliphatic rings. The van der Waals surface area contributed by atoms with Gasteiger partial charge < -0.3 is 20.3 Å². The maximum absolute atomic E-state index is 12.4. The van der Waals surface area contributed by atoms with Crippen molar-refractivity contribution in [3.63, 3.8) is 0 Å². The van der Waals surface area contributed by atoms with Crippen LogP contribution in [0.4, 0.5) is 0 Å². The molecule has 1 amide bonds. The lowest BCUT2D eigenvalue weighted by Crippen LogP contribution is -2.45. The lowest BCUT2D eigenvalue weighted by molar-refractivity contribution is -0.143. The first kappa shape index (κ1) is 58.8. The zero-order chi connectivity index (χ0) is 44.4. The number of hydrogen-bond donors (Lipinski definition) is 3. The summed E-state index contributed by atoms with van der Waals surface area (Å²) in [7, 11) is 0. The highest BCUT2D eigenvalue weighted by Gasteiger charge is 2.18. The first-order chi connectivity index (χ1) is 30.0. The molecule has 0 bridgehead atoms. The summed E-state index contributed by atoms with van der Waals surface area (Å²) in [6, 6.07) is -0.655. The van der Waals surface area contributed by atoms with Gasteiger partial charge in [0.15, 0.2) is 0 Å². The number of unbranched alkanes of at least 4 members (excludes halogenated alkanes) is 31. The van der Waals surface area contributed by atoms with Gasteiger partial charge in [0, 0.05) is 12.8 Å². The van der Waals surface area contributed by atoms with Crippen LogP contribution in [0.3, 0.4) is 0 Å². The third kappa shape index (κ3) is 47.1. The number of aliphatic hydroxyl groups excluding tert-OH is 2. The van der Waals surface area contributed by atoms with Gasteiger partial charge in [0.25, 0.3) is 0 Å². The number of aliphatic hydroxyl groups is 2. The first-order valence-corrected chi connectivity index (χ1v) is 26.4. The molecule has 356 valence electrons. The topological polar surface area (TPSA) is 95.9 Å². The van der Waals surface area contributed by atoms with Crippen molar-refractivity contribution in [2.75, 3.05) is 13.2 Å². The van der Waals surface area contributed by atoms with Gasteiger partial charge in [-0.25, -0.2) is 0 Å². The van der Waals surface area contributed by atoms with Crippen molar-refractivity contribution in [1.82, 2.24) is 5.32 Å². The van der Waals surface area contributed by atoms with Gasteiger partial charge in [-0.3, -0.25) is 9.59 Å². The summed E-state index contributed by atoms with van der Waals surface area (Å²) in [4.78, 5) is 24.5. The number of allylic oxidation sites excluding steroid dienone is 7. The highest BCUT2D eigenvalue weighted by atomic mass is 16.5. The van der Waals surface area contributed by atoms with Crippen molar-refractivity contribution in [2.45, 2.75) is 276 Å². The Hall–Kier alpha value is -2.18. The van der Waals surface area contributed by atoms with Crippen molar-refractivity contribution >= 4 is 11.9 Å². The number of rotatable bonds is 48. The van der Waals surface area contributed by atoms with Gasteiger partial charge in [0.2, 0.25) is 5.91 Å². The molecule has 0 spiro atoms. The van der Waals surface area contributed by atoms with E-state index in [9.17, 15) is 19.8 Å². The van der Waals surface area contributed by atoms with Crippen LogP contribution in [0.5, 0.6) is 0 Å². The lowest BCUT2D eigenvalue weighted by Gasteiger charge is -2.20. The molecule has 0 aromatic heterocycles. The largest absolute Gasteiger partial charge is 0.466 e. The summed E-state index contributed by atoms with van der Waals surface area (Å²) >= 11 is 0. The van der Waals surface area contributed by atoms with E-state index in [1.807, 2.05) is 6.08 Å². The summed E-state index contributed by atoms with van der Waals surface area (Å²) < 4.78 is 5.43. The molecule has 0 fully saturated rings. The van der Waals surface area contributed by atoms with Crippen molar-refractivity contribution in [1.29, 1.82) is 0 Å². The smallest absolute Gasteiger partial charge is 0.305 e. The summed E-state index contributed by atoms with van der Waals surface area (Å²) in [6.45, 7) is 4.78. The van der Waals surface area contributed by atoms with Crippen molar-refractivity contribution in [3.8, 4) is 0 Å². The van der Waals surface area contributed by atoms with Gasteiger partial charge in [-0.1, -0.05) is 210 Å². The predicted molar refractivity (Wildman–Crippen MR) is 264 cm³/mol. The zero-order valence-corrected chi connectivity index (χ0v) is 40.4. The molecule has 6 nitrogen and oxygen atoms in total. The molecule has 6 heteroatoms. The fraction of sp³-hybridized carbons (Fsp3) is 0.818. The van der Waals surface area contributed by atoms with E-state index in [-0.39, 0.29) is 18.5 Å². The first-order valence-electron chi connectivity index (χ1n) is 26.4. The molecule has 3 N–H and O–H groups in total. The van der Waals surface area contributed by atoms with Gasteiger partial charge in [-0.15, -0.1) is 0 Å². The van der Waals surface area contributed by atoms with E-state index in [0.717, 1.165) is 83.5 Å². The van der Waals surface area contributed by atoms with Crippen LogP contribution in [0.2, 0.25) is 0 Å². The van der Waals surface area contributed by atoms with Crippen LogP contribution >= 0.6 is 0 Å². The second-order valence-corrected chi connectivity index (χ2v) is 17.8. The molecule has 0 aromatic carbocycles. The Balaban J connectivity index is 3.57. The molecule has 0 radical (unpaired) electrons. The highest BCUT2D eigenvalue weighted by Crippen LogP contribution is 2.15. The monoisotopic (exact) mass is 856 g/mol. The molecule has 0 saturated heterocycles. The summed E-state index contributed by atoms with van der Waals surface area (Å²) in [6.07, 6.45) is 62.6. The maximum atomic E-state index is 12.4. The molecule has 0 aliphatic heterocycles. The Kier molecular flexibility index (Phi) is 48.7. The number of nitrogens with one attached hydrogen (secondary N) is 1. The molecule has 2 atom stereocenters. The third-order valence-corrected chi connectivity index (χ3v) is 11.8. The zero-order valence-electron chi connectivity index (χ0n) is 40.4. The van der Waals surface area contributed by atoms with Crippen molar-refractivity contribution in [3.05, 3.63) is 48.6 Å². The number of esters is 1. The van der Waals surface area contributed by atoms with Gasteiger partial charge in [-0.2, -0.15) is 0 Å². The number of ether oxygens (including phenoxy) is 1. The Bertz CT molecular complexity index is 1040. The van der Waals surface area contributed by atoms with Gasteiger partial charge in [-0.05, 0) is 89.9 Å². The average molecular weight is 856 g/mol. The summed E-state index contributed by atoms with van der Waals surface area (Å²) in [5.41, 5.74) is 0. The van der Waals surface area contributed by atoms with E-state index in [2.05, 4.69) is 55.6 Å². The molecule has 0 heterocycles. The molecule has 0 aromatic rings. The predicted octanol–water partition coefficient (Wildman–Crippen LogP) is 15.8. The molecule has 2 unspecified atom stereocenters. The highest BCUT2D eigenvalue weighted by molar-refractivity contribution is 5.76. The van der Waals surface area contributed by atoms with Crippen LogP contribution in [-0.4, -0.2) is 47.4 Å². The molecule has 0 aliphatic carbocycles. The van der Waals surface area contributed by atoms with Crippen molar-refractivity contribution < 1.29 is 24.5 Å². The van der Waals surface area contributed by atoms with Gasteiger partial charge in [0.1, 0.15) is 0 Å². The second-order valence-electron chi connectivity index (χ2n) is 17.8. The normalized spacial score (nSPS) is 13.0. The lowest BCUT2D eigenvalue weighted by atomic mass is 10.0. The Labute approximate surface area is 378 Å². The number of carbonyl (C=O) groups excluding carboxylic acids is 2. The molecule has 0 saturated carbocycles. The van der Waals surface area contributed by atoms with Crippen LogP contribution in [0, 0.1) is 0 Å². The van der Waals surface area contributed by atoms with Crippen LogP contribution in [-0.2, 0) is 14.3 Å². The van der Waals surface area contributed by atoms with Gasteiger partial charge >= 0.3 is 5.97 Å². The minimum absolute atomic E-state index is 0.0468. The maximum Gasteiger partial charge on any atom is 0.305 e. The quantitative estimate of drug-likeness (QED) is 0.0322. The molecule has 0 rings (SSSR count). The number of hydrogen-bond acceptors (Lipinski definition) is 5. The van der Waals surface area contributed by atoms with E-state index in [1.54, 1.807) is 6.08 Å². The van der Waals surface area contributed by atoms with E-state index < -0.39 is 12.1 Å². The Morgan fingerprint density at radius 3 is 1.30 bits per heavy atom.